The van der Waals surface area contributed by atoms with Crippen LogP contribution in [0.15, 0.2) is 18.3 Å². The van der Waals surface area contributed by atoms with Crippen LogP contribution in [0.4, 0.5) is 5.82 Å². The molecule has 2 saturated heterocycles. The fraction of sp³-hybridized carbons (Fsp3) is 0.667. The SMILES string of the molecule is CCOC(=O)c1ccc(N2CCN(CCCCC(N)C(=O)N3CCSC3)CC2)nc1. The largest absolute Gasteiger partial charge is 0.462 e. The zero-order valence-corrected chi connectivity index (χ0v) is 18.6. The van der Waals surface area contributed by atoms with Crippen LogP contribution in [-0.4, -0.2) is 90.2 Å². The average Bonchev–Trinajstić information content (AvgIpc) is 3.32. The summed E-state index contributed by atoms with van der Waals surface area (Å²) in [6, 6.07) is 3.31. The van der Waals surface area contributed by atoms with E-state index in [4.69, 9.17) is 10.5 Å². The molecule has 2 aliphatic rings. The highest BCUT2D eigenvalue weighted by Crippen LogP contribution is 2.17. The van der Waals surface area contributed by atoms with E-state index in [0.717, 1.165) is 76.0 Å². The van der Waals surface area contributed by atoms with E-state index in [-0.39, 0.29) is 17.9 Å². The minimum atomic E-state index is -0.357. The van der Waals surface area contributed by atoms with Gasteiger partial charge in [-0.25, -0.2) is 9.78 Å². The van der Waals surface area contributed by atoms with Gasteiger partial charge in [0.25, 0.3) is 0 Å². The molecule has 1 aromatic heterocycles. The number of hydrogen-bond donors (Lipinski definition) is 1. The normalized spacial score (nSPS) is 18.5. The molecule has 166 valence electrons. The molecule has 1 amide bonds. The van der Waals surface area contributed by atoms with E-state index in [9.17, 15) is 9.59 Å². The molecule has 30 heavy (non-hydrogen) atoms. The van der Waals surface area contributed by atoms with E-state index in [1.807, 2.05) is 11.0 Å². The Hall–Kier alpha value is -1.84. The van der Waals surface area contributed by atoms with Gasteiger partial charge in [-0.05, 0) is 38.4 Å². The first kappa shape index (κ1) is 22.8. The van der Waals surface area contributed by atoms with E-state index in [0.29, 0.717) is 12.2 Å². The molecule has 0 spiro atoms. The van der Waals surface area contributed by atoms with Crippen LogP contribution in [0.3, 0.4) is 0 Å². The second kappa shape index (κ2) is 11.5. The molecule has 2 N–H and O–H groups in total. The summed E-state index contributed by atoms with van der Waals surface area (Å²) in [5.74, 6) is 2.48. The number of unbranched alkanes of at least 4 members (excludes halogenated alkanes) is 1. The Morgan fingerprint density at radius 3 is 2.63 bits per heavy atom. The number of aromatic nitrogens is 1. The van der Waals surface area contributed by atoms with Gasteiger partial charge in [0.15, 0.2) is 0 Å². The van der Waals surface area contributed by atoms with Gasteiger partial charge in [-0.15, -0.1) is 11.8 Å². The van der Waals surface area contributed by atoms with Gasteiger partial charge in [0, 0.05) is 44.7 Å². The molecule has 0 radical (unpaired) electrons. The third-order valence-electron chi connectivity index (χ3n) is 5.58. The molecule has 3 heterocycles. The van der Waals surface area contributed by atoms with Crippen molar-refractivity contribution in [2.24, 2.45) is 5.73 Å². The maximum absolute atomic E-state index is 12.2. The van der Waals surface area contributed by atoms with Crippen molar-refractivity contribution in [2.75, 3.05) is 62.4 Å². The summed E-state index contributed by atoms with van der Waals surface area (Å²) < 4.78 is 5.00. The first-order chi connectivity index (χ1) is 14.6. The fourth-order valence-corrected chi connectivity index (χ4v) is 4.71. The van der Waals surface area contributed by atoms with Crippen molar-refractivity contribution in [3.63, 3.8) is 0 Å². The molecule has 9 heteroatoms. The lowest BCUT2D eigenvalue weighted by Gasteiger charge is -2.35. The van der Waals surface area contributed by atoms with Crippen LogP contribution in [0.2, 0.25) is 0 Å². The molecule has 0 bridgehead atoms. The second-order valence-corrected chi connectivity index (χ2v) is 8.77. The molecule has 1 atom stereocenters. The molecule has 1 aromatic rings. The number of carbonyl (C=O) groups excluding carboxylic acids is 2. The number of hydrogen-bond acceptors (Lipinski definition) is 8. The van der Waals surface area contributed by atoms with Gasteiger partial charge < -0.3 is 20.3 Å². The van der Waals surface area contributed by atoms with Crippen LogP contribution in [-0.2, 0) is 9.53 Å². The van der Waals surface area contributed by atoms with Crippen LogP contribution in [0.1, 0.15) is 36.5 Å². The lowest BCUT2D eigenvalue weighted by Crippen LogP contribution is -2.47. The highest BCUT2D eigenvalue weighted by Gasteiger charge is 2.24. The summed E-state index contributed by atoms with van der Waals surface area (Å²) in [4.78, 5) is 35.0. The number of anilines is 1. The maximum Gasteiger partial charge on any atom is 0.339 e. The van der Waals surface area contributed by atoms with Crippen LogP contribution >= 0.6 is 11.8 Å². The van der Waals surface area contributed by atoms with Crippen molar-refractivity contribution >= 4 is 29.5 Å². The van der Waals surface area contributed by atoms with Crippen LogP contribution < -0.4 is 10.6 Å². The Balaban J connectivity index is 1.32. The molecule has 0 aromatic carbocycles. The van der Waals surface area contributed by atoms with Crippen molar-refractivity contribution in [1.82, 2.24) is 14.8 Å². The minimum Gasteiger partial charge on any atom is -0.462 e. The van der Waals surface area contributed by atoms with Gasteiger partial charge in [0.1, 0.15) is 5.82 Å². The molecule has 3 rings (SSSR count). The van der Waals surface area contributed by atoms with Crippen molar-refractivity contribution in [3.8, 4) is 0 Å². The van der Waals surface area contributed by atoms with Gasteiger partial charge in [0.05, 0.1) is 24.1 Å². The third kappa shape index (κ3) is 6.33. The smallest absolute Gasteiger partial charge is 0.339 e. The van der Waals surface area contributed by atoms with Crippen LogP contribution in [0, 0.1) is 0 Å². The fourth-order valence-electron chi connectivity index (χ4n) is 3.75. The standard InChI is InChI=1S/C21H33N5O3S/c1-2-29-21(28)17-6-7-19(23-15-17)25-11-9-24(10-12-25)8-4-3-5-18(22)20(27)26-13-14-30-16-26/h6-7,15,18H,2-5,8-14,16,22H2,1H3. The maximum atomic E-state index is 12.2. The average molecular weight is 436 g/mol. The van der Waals surface area contributed by atoms with Crippen molar-refractivity contribution in [2.45, 2.75) is 32.2 Å². The first-order valence-electron chi connectivity index (χ1n) is 10.8. The lowest BCUT2D eigenvalue weighted by molar-refractivity contribution is -0.131. The predicted molar refractivity (Wildman–Crippen MR) is 120 cm³/mol. The number of esters is 1. The zero-order valence-electron chi connectivity index (χ0n) is 17.8. The Morgan fingerprint density at radius 1 is 1.20 bits per heavy atom. The topological polar surface area (TPSA) is 92.0 Å². The Morgan fingerprint density at radius 2 is 2.00 bits per heavy atom. The predicted octanol–water partition coefficient (Wildman–Crippen LogP) is 1.41. The summed E-state index contributed by atoms with van der Waals surface area (Å²) >= 11 is 1.79. The van der Waals surface area contributed by atoms with E-state index in [2.05, 4.69) is 14.8 Å². The molecule has 0 aliphatic carbocycles. The molecular formula is C21H33N5O3S. The summed E-state index contributed by atoms with van der Waals surface area (Å²) in [6.45, 7) is 7.82. The van der Waals surface area contributed by atoms with E-state index < -0.39 is 0 Å². The van der Waals surface area contributed by atoms with Crippen LogP contribution in [0.25, 0.3) is 0 Å². The van der Waals surface area contributed by atoms with Gasteiger partial charge in [0.2, 0.25) is 5.91 Å². The van der Waals surface area contributed by atoms with Crippen molar-refractivity contribution < 1.29 is 14.3 Å². The van der Waals surface area contributed by atoms with E-state index >= 15 is 0 Å². The zero-order chi connectivity index (χ0) is 21.3. The quantitative estimate of drug-likeness (QED) is 0.460. The number of nitrogens with two attached hydrogens (primary N) is 1. The number of pyridine rings is 1. The lowest BCUT2D eigenvalue weighted by atomic mass is 10.1. The molecule has 2 fully saturated rings. The van der Waals surface area contributed by atoms with E-state index in [1.54, 1.807) is 30.9 Å². The van der Waals surface area contributed by atoms with Gasteiger partial charge in [-0.1, -0.05) is 6.42 Å². The number of piperazine rings is 1. The number of thioether (sulfide) groups is 1. The summed E-state index contributed by atoms with van der Waals surface area (Å²) in [7, 11) is 0. The number of carbonyl (C=O) groups is 2. The van der Waals surface area contributed by atoms with Crippen molar-refractivity contribution in [3.05, 3.63) is 23.9 Å². The summed E-state index contributed by atoms with van der Waals surface area (Å²) in [5, 5.41) is 0. The molecule has 0 saturated carbocycles. The number of rotatable bonds is 9. The summed E-state index contributed by atoms with van der Waals surface area (Å²) in [6.07, 6.45) is 4.38. The van der Waals surface area contributed by atoms with Crippen LogP contribution in [0.5, 0.6) is 0 Å². The molecular weight excluding hydrogens is 402 g/mol. The summed E-state index contributed by atoms with van der Waals surface area (Å²) in [5.41, 5.74) is 6.57. The molecule has 1 unspecified atom stereocenters. The monoisotopic (exact) mass is 435 g/mol. The van der Waals surface area contributed by atoms with Crippen molar-refractivity contribution in [1.29, 1.82) is 0 Å². The molecule has 2 aliphatic heterocycles. The third-order valence-corrected chi connectivity index (χ3v) is 6.54. The number of ether oxygens (including phenoxy) is 1. The van der Waals surface area contributed by atoms with Gasteiger partial charge >= 0.3 is 5.97 Å². The Kier molecular flexibility index (Phi) is 8.77. The Labute approximate surface area is 183 Å². The highest BCUT2D eigenvalue weighted by molar-refractivity contribution is 7.99. The second-order valence-electron chi connectivity index (χ2n) is 7.70. The Bertz CT molecular complexity index is 688. The first-order valence-corrected chi connectivity index (χ1v) is 12.0. The molecule has 8 nitrogen and oxygen atoms in total. The number of nitrogens with zero attached hydrogens (tertiary/aromatic N) is 4. The number of amides is 1. The van der Waals surface area contributed by atoms with E-state index in [1.165, 1.54) is 0 Å². The minimum absolute atomic E-state index is 0.107. The van der Waals surface area contributed by atoms with Gasteiger partial charge in [-0.2, -0.15) is 0 Å². The van der Waals surface area contributed by atoms with Gasteiger partial charge in [-0.3, -0.25) is 9.69 Å². The highest BCUT2D eigenvalue weighted by atomic mass is 32.2.